The smallest absolute Gasteiger partial charge is 0.0971 e. The predicted molar refractivity (Wildman–Crippen MR) is 67.4 cm³/mol. The lowest BCUT2D eigenvalue weighted by Gasteiger charge is -2.06. The number of benzene rings is 2. The Morgan fingerprint density at radius 1 is 0.938 bits per heavy atom. The fraction of sp³-hybridized carbons (Fsp3) is 0.0714. The van der Waals surface area contributed by atoms with Crippen LogP contribution in [0, 0.1) is 6.92 Å². The molecule has 0 saturated heterocycles. The first kappa shape index (κ1) is 10.4. The molecular weight excluding hydrogens is 196 g/mol. The molecule has 0 radical (unpaired) electrons. The van der Waals surface area contributed by atoms with E-state index in [0.29, 0.717) is 0 Å². The minimum atomic E-state index is 0.823. The van der Waals surface area contributed by atoms with E-state index in [1.54, 1.807) is 0 Å². The van der Waals surface area contributed by atoms with Crippen molar-refractivity contribution in [2.24, 2.45) is 10.9 Å². The van der Waals surface area contributed by atoms with Crippen LogP contribution in [0.4, 0.5) is 0 Å². The van der Waals surface area contributed by atoms with Crippen LogP contribution in [-0.4, -0.2) is 5.71 Å². The molecule has 0 spiro atoms. The van der Waals surface area contributed by atoms with Gasteiger partial charge in [-0.15, -0.1) is 0 Å². The van der Waals surface area contributed by atoms with Gasteiger partial charge in [0.15, 0.2) is 0 Å². The van der Waals surface area contributed by atoms with Gasteiger partial charge >= 0.3 is 0 Å². The number of hydrazone groups is 1. The molecule has 0 aliphatic heterocycles. The number of nitrogens with two attached hydrogens (primary N) is 1. The van der Waals surface area contributed by atoms with E-state index in [2.05, 4.69) is 24.2 Å². The van der Waals surface area contributed by atoms with Crippen LogP contribution in [0.2, 0.25) is 0 Å². The van der Waals surface area contributed by atoms with Crippen LogP contribution < -0.4 is 5.84 Å². The average Bonchev–Trinajstić information content (AvgIpc) is 2.31. The molecule has 0 aliphatic rings. The second-order valence-electron chi connectivity index (χ2n) is 3.71. The van der Waals surface area contributed by atoms with E-state index in [-0.39, 0.29) is 0 Å². The van der Waals surface area contributed by atoms with E-state index in [1.807, 2.05) is 42.5 Å². The molecule has 0 fully saturated rings. The minimum absolute atomic E-state index is 0.823. The number of aryl methyl sites for hydroxylation is 1. The van der Waals surface area contributed by atoms with E-state index in [9.17, 15) is 0 Å². The van der Waals surface area contributed by atoms with E-state index in [0.717, 1.165) is 16.8 Å². The van der Waals surface area contributed by atoms with Gasteiger partial charge in [0.05, 0.1) is 5.71 Å². The fourth-order valence-corrected chi connectivity index (χ4v) is 1.70. The Labute approximate surface area is 95.4 Å². The second kappa shape index (κ2) is 4.62. The van der Waals surface area contributed by atoms with Crippen LogP contribution in [0.15, 0.2) is 59.7 Å². The molecule has 0 heterocycles. The van der Waals surface area contributed by atoms with Gasteiger partial charge in [-0.3, -0.25) is 0 Å². The highest BCUT2D eigenvalue weighted by molar-refractivity contribution is 6.12. The molecule has 0 aliphatic carbocycles. The van der Waals surface area contributed by atoms with E-state index in [1.165, 1.54) is 5.56 Å². The lowest BCUT2D eigenvalue weighted by molar-refractivity contribution is 1.24. The largest absolute Gasteiger partial charge is 0.323 e. The van der Waals surface area contributed by atoms with Crippen LogP contribution in [0.3, 0.4) is 0 Å². The molecule has 16 heavy (non-hydrogen) atoms. The number of hydrogen-bond acceptors (Lipinski definition) is 2. The van der Waals surface area contributed by atoms with Gasteiger partial charge in [-0.2, -0.15) is 5.10 Å². The van der Waals surface area contributed by atoms with Gasteiger partial charge < -0.3 is 5.84 Å². The Balaban J connectivity index is 2.46. The maximum atomic E-state index is 5.47. The molecule has 2 aromatic rings. The summed E-state index contributed by atoms with van der Waals surface area (Å²) in [6, 6.07) is 18.1. The summed E-state index contributed by atoms with van der Waals surface area (Å²) in [4.78, 5) is 0. The predicted octanol–water partition coefficient (Wildman–Crippen LogP) is 2.71. The Morgan fingerprint density at radius 3 is 2.25 bits per heavy atom. The van der Waals surface area contributed by atoms with Gasteiger partial charge in [-0.1, -0.05) is 54.1 Å². The van der Waals surface area contributed by atoms with Crippen molar-refractivity contribution in [2.75, 3.05) is 0 Å². The van der Waals surface area contributed by atoms with Gasteiger partial charge in [0.1, 0.15) is 0 Å². The van der Waals surface area contributed by atoms with Gasteiger partial charge in [-0.05, 0) is 13.0 Å². The summed E-state index contributed by atoms with van der Waals surface area (Å²) in [5, 5.41) is 3.89. The Morgan fingerprint density at radius 2 is 1.62 bits per heavy atom. The number of hydrogen-bond donors (Lipinski definition) is 1. The molecule has 0 saturated carbocycles. The lowest BCUT2D eigenvalue weighted by atomic mass is 10.0. The average molecular weight is 210 g/mol. The molecule has 0 amide bonds. The zero-order valence-electron chi connectivity index (χ0n) is 9.22. The number of rotatable bonds is 2. The van der Waals surface area contributed by atoms with Crippen molar-refractivity contribution < 1.29 is 0 Å². The summed E-state index contributed by atoms with van der Waals surface area (Å²) in [5.41, 5.74) is 4.11. The highest BCUT2D eigenvalue weighted by atomic mass is 15.1. The molecule has 2 N–H and O–H groups in total. The summed E-state index contributed by atoms with van der Waals surface area (Å²) in [6.07, 6.45) is 0. The third-order valence-electron chi connectivity index (χ3n) is 2.47. The first-order chi connectivity index (χ1) is 7.81. The highest BCUT2D eigenvalue weighted by Gasteiger charge is 2.05. The summed E-state index contributed by atoms with van der Waals surface area (Å²) < 4.78 is 0. The quantitative estimate of drug-likeness (QED) is 0.462. The van der Waals surface area contributed by atoms with Crippen LogP contribution in [-0.2, 0) is 0 Å². The van der Waals surface area contributed by atoms with Crippen LogP contribution in [0.25, 0.3) is 0 Å². The Kier molecular flexibility index (Phi) is 3.01. The monoisotopic (exact) mass is 210 g/mol. The fourth-order valence-electron chi connectivity index (χ4n) is 1.70. The summed E-state index contributed by atoms with van der Waals surface area (Å²) >= 11 is 0. The van der Waals surface area contributed by atoms with Crippen LogP contribution >= 0.6 is 0 Å². The van der Waals surface area contributed by atoms with Crippen molar-refractivity contribution in [3.05, 3.63) is 71.3 Å². The maximum absolute atomic E-state index is 5.47. The Bertz CT molecular complexity index is 501. The summed E-state index contributed by atoms with van der Waals surface area (Å²) in [7, 11) is 0. The van der Waals surface area contributed by atoms with Crippen molar-refractivity contribution in [2.45, 2.75) is 6.92 Å². The van der Waals surface area contributed by atoms with E-state index in [4.69, 9.17) is 5.84 Å². The van der Waals surface area contributed by atoms with Gasteiger partial charge in [0.25, 0.3) is 0 Å². The standard InChI is InChI=1S/C14H14N2/c1-11-6-5-9-13(10-11)14(16-15)12-7-3-2-4-8-12/h2-10H,15H2,1H3/b16-14+. The molecule has 0 bridgehead atoms. The zero-order valence-corrected chi connectivity index (χ0v) is 9.22. The van der Waals surface area contributed by atoms with Crippen molar-refractivity contribution in [3.8, 4) is 0 Å². The second-order valence-corrected chi connectivity index (χ2v) is 3.71. The third-order valence-corrected chi connectivity index (χ3v) is 2.47. The van der Waals surface area contributed by atoms with Crippen LogP contribution in [0.1, 0.15) is 16.7 Å². The van der Waals surface area contributed by atoms with Gasteiger partial charge in [-0.25, -0.2) is 0 Å². The molecule has 2 nitrogen and oxygen atoms in total. The summed E-state index contributed by atoms with van der Waals surface area (Å²) in [6.45, 7) is 2.06. The zero-order chi connectivity index (χ0) is 11.4. The van der Waals surface area contributed by atoms with Crippen molar-refractivity contribution >= 4 is 5.71 Å². The Hall–Kier alpha value is -2.09. The third kappa shape index (κ3) is 2.11. The first-order valence-corrected chi connectivity index (χ1v) is 5.21. The van der Waals surface area contributed by atoms with Gasteiger partial charge in [0.2, 0.25) is 0 Å². The highest BCUT2D eigenvalue weighted by Crippen LogP contribution is 2.11. The maximum Gasteiger partial charge on any atom is 0.0971 e. The molecule has 0 unspecified atom stereocenters. The van der Waals surface area contributed by atoms with E-state index >= 15 is 0 Å². The molecular formula is C14H14N2. The molecule has 2 aromatic carbocycles. The van der Waals surface area contributed by atoms with Gasteiger partial charge in [0, 0.05) is 11.1 Å². The molecule has 0 atom stereocenters. The van der Waals surface area contributed by atoms with Crippen LogP contribution in [0.5, 0.6) is 0 Å². The molecule has 2 rings (SSSR count). The first-order valence-electron chi connectivity index (χ1n) is 5.21. The topological polar surface area (TPSA) is 38.4 Å². The molecule has 80 valence electrons. The van der Waals surface area contributed by atoms with E-state index < -0.39 is 0 Å². The minimum Gasteiger partial charge on any atom is -0.323 e. The van der Waals surface area contributed by atoms with Crippen molar-refractivity contribution in [3.63, 3.8) is 0 Å². The summed E-state index contributed by atoms with van der Waals surface area (Å²) in [5.74, 6) is 5.47. The lowest BCUT2D eigenvalue weighted by Crippen LogP contribution is -2.06. The molecule has 0 aromatic heterocycles. The number of nitrogens with zero attached hydrogens (tertiary/aromatic N) is 1. The van der Waals surface area contributed by atoms with Crippen molar-refractivity contribution in [1.82, 2.24) is 0 Å². The normalized spacial score (nSPS) is 11.4. The van der Waals surface area contributed by atoms with Crippen molar-refractivity contribution in [1.29, 1.82) is 0 Å². The molecule has 2 heteroatoms. The SMILES string of the molecule is Cc1cccc(/C(=N/N)c2ccccc2)c1.